The Hall–Kier alpha value is -0.590. The third-order valence-electron chi connectivity index (χ3n) is 1.37. The van der Waals surface area contributed by atoms with Crippen LogP contribution in [0.5, 0.6) is 0 Å². The van der Waals surface area contributed by atoms with Gasteiger partial charge in [0.2, 0.25) is 0 Å². The van der Waals surface area contributed by atoms with Gasteiger partial charge in [0.1, 0.15) is 0 Å². The Bertz CT molecular complexity index is 134. The van der Waals surface area contributed by atoms with Gasteiger partial charge in [0, 0.05) is 6.42 Å². The third-order valence-corrected chi connectivity index (χ3v) is 1.37. The van der Waals surface area contributed by atoms with E-state index in [0.717, 1.165) is 12.8 Å². The lowest BCUT2D eigenvalue weighted by Crippen LogP contribution is -1.98. The smallest absolute Gasteiger partial charge is 0.155 e. The van der Waals surface area contributed by atoms with E-state index in [1.54, 1.807) is 6.08 Å². The molecular formula is C10H18O. The van der Waals surface area contributed by atoms with E-state index < -0.39 is 0 Å². The predicted octanol–water partition coefficient (Wildman–Crippen LogP) is 2.96. The molecule has 1 heteroatoms. The first-order valence-electron chi connectivity index (χ1n) is 4.36. The van der Waals surface area contributed by atoms with Crippen LogP contribution in [-0.4, -0.2) is 5.78 Å². The average molecular weight is 154 g/mol. The fourth-order valence-electron chi connectivity index (χ4n) is 0.852. The highest BCUT2D eigenvalue weighted by atomic mass is 16.1. The van der Waals surface area contributed by atoms with Crippen molar-refractivity contribution in [1.82, 2.24) is 0 Å². The molecule has 0 heterocycles. The Kier molecular flexibility index (Phi) is 5.81. The van der Waals surface area contributed by atoms with Crippen LogP contribution in [0.4, 0.5) is 0 Å². The number of carbonyl (C=O) groups excluding carboxylic acids is 1. The molecule has 0 atom stereocenters. The topological polar surface area (TPSA) is 17.1 Å². The summed E-state index contributed by atoms with van der Waals surface area (Å²) < 4.78 is 0. The van der Waals surface area contributed by atoms with Gasteiger partial charge in [0.15, 0.2) is 5.78 Å². The molecule has 0 rings (SSSR count). The molecule has 0 saturated carbocycles. The van der Waals surface area contributed by atoms with Crippen molar-refractivity contribution in [2.45, 2.75) is 40.0 Å². The van der Waals surface area contributed by atoms with Crippen molar-refractivity contribution in [2.24, 2.45) is 5.92 Å². The standard InChI is InChI=1S/C10H18O/c1-4-5-6-7-10(11)8-9(2)3/h6-7,9H,4-5,8H2,1-3H3. The van der Waals surface area contributed by atoms with Crippen molar-refractivity contribution in [3.8, 4) is 0 Å². The first-order chi connectivity index (χ1) is 5.16. The van der Waals surface area contributed by atoms with Gasteiger partial charge in [0.05, 0.1) is 0 Å². The Balaban J connectivity index is 3.51. The van der Waals surface area contributed by atoms with Gasteiger partial charge in [-0.3, -0.25) is 4.79 Å². The van der Waals surface area contributed by atoms with Crippen molar-refractivity contribution in [3.63, 3.8) is 0 Å². The summed E-state index contributed by atoms with van der Waals surface area (Å²) in [5.74, 6) is 0.738. The maximum Gasteiger partial charge on any atom is 0.155 e. The van der Waals surface area contributed by atoms with Gasteiger partial charge < -0.3 is 0 Å². The van der Waals surface area contributed by atoms with Crippen LogP contribution in [0.15, 0.2) is 12.2 Å². The monoisotopic (exact) mass is 154 g/mol. The molecule has 0 saturated heterocycles. The lowest BCUT2D eigenvalue weighted by molar-refractivity contribution is -0.115. The van der Waals surface area contributed by atoms with Crippen molar-refractivity contribution >= 4 is 5.78 Å². The Morgan fingerprint density at radius 1 is 1.45 bits per heavy atom. The molecule has 1 nitrogen and oxygen atoms in total. The summed E-state index contributed by atoms with van der Waals surface area (Å²) in [7, 11) is 0. The SMILES string of the molecule is CCCC=CC(=O)CC(C)C. The van der Waals surface area contributed by atoms with E-state index >= 15 is 0 Å². The molecule has 0 radical (unpaired) electrons. The lowest BCUT2D eigenvalue weighted by Gasteiger charge is -1.97. The maximum atomic E-state index is 11.0. The molecule has 0 bridgehead atoms. The number of hydrogen-bond donors (Lipinski definition) is 0. The number of ketones is 1. The van der Waals surface area contributed by atoms with Crippen LogP contribution in [0.2, 0.25) is 0 Å². The van der Waals surface area contributed by atoms with Gasteiger partial charge in [-0.2, -0.15) is 0 Å². The zero-order chi connectivity index (χ0) is 8.69. The zero-order valence-electron chi connectivity index (χ0n) is 7.76. The average Bonchev–Trinajstić information content (AvgIpc) is 1.86. The number of carbonyl (C=O) groups is 1. The quantitative estimate of drug-likeness (QED) is 0.556. The first-order valence-corrected chi connectivity index (χ1v) is 4.36. The van der Waals surface area contributed by atoms with Crippen LogP contribution in [-0.2, 0) is 4.79 Å². The molecule has 0 fully saturated rings. The predicted molar refractivity (Wildman–Crippen MR) is 48.5 cm³/mol. The molecule has 0 aromatic rings. The van der Waals surface area contributed by atoms with Crippen LogP contribution in [0.1, 0.15) is 40.0 Å². The van der Waals surface area contributed by atoms with Crippen LogP contribution in [0, 0.1) is 5.92 Å². The molecule has 0 aliphatic heterocycles. The van der Waals surface area contributed by atoms with Crippen LogP contribution in [0.3, 0.4) is 0 Å². The minimum Gasteiger partial charge on any atom is -0.295 e. The lowest BCUT2D eigenvalue weighted by atomic mass is 10.1. The number of rotatable bonds is 5. The largest absolute Gasteiger partial charge is 0.295 e. The van der Waals surface area contributed by atoms with Crippen LogP contribution in [0.25, 0.3) is 0 Å². The zero-order valence-corrected chi connectivity index (χ0v) is 7.76. The van der Waals surface area contributed by atoms with Gasteiger partial charge in [0.25, 0.3) is 0 Å². The summed E-state index contributed by atoms with van der Waals surface area (Å²) in [6.45, 7) is 6.23. The fourth-order valence-corrected chi connectivity index (χ4v) is 0.852. The highest BCUT2D eigenvalue weighted by Crippen LogP contribution is 2.01. The minimum atomic E-state index is 0.258. The molecule has 0 aliphatic rings. The molecule has 64 valence electrons. The van der Waals surface area contributed by atoms with Crippen molar-refractivity contribution in [1.29, 1.82) is 0 Å². The first kappa shape index (κ1) is 10.4. The van der Waals surface area contributed by atoms with E-state index in [4.69, 9.17) is 0 Å². The molecular weight excluding hydrogens is 136 g/mol. The van der Waals surface area contributed by atoms with Gasteiger partial charge in [-0.15, -0.1) is 0 Å². The molecule has 0 amide bonds. The van der Waals surface area contributed by atoms with Gasteiger partial charge in [-0.25, -0.2) is 0 Å². The Labute approximate surface area is 69.5 Å². The number of hydrogen-bond acceptors (Lipinski definition) is 1. The molecule has 0 spiro atoms. The molecule has 0 unspecified atom stereocenters. The normalized spacial score (nSPS) is 11.3. The van der Waals surface area contributed by atoms with Gasteiger partial charge in [-0.1, -0.05) is 33.3 Å². The van der Waals surface area contributed by atoms with E-state index in [9.17, 15) is 4.79 Å². The van der Waals surface area contributed by atoms with Crippen molar-refractivity contribution in [2.75, 3.05) is 0 Å². The van der Waals surface area contributed by atoms with E-state index in [-0.39, 0.29) is 5.78 Å². The van der Waals surface area contributed by atoms with E-state index in [1.165, 1.54) is 0 Å². The second-order valence-corrected chi connectivity index (χ2v) is 3.26. The third kappa shape index (κ3) is 7.31. The van der Waals surface area contributed by atoms with Crippen molar-refractivity contribution in [3.05, 3.63) is 12.2 Å². The highest BCUT2D eigenvalue weighted by Gasteiger charge is 1.99. The van der Waals surface area contributed by atoms with Crippen LogP contribution < -0.4 is 0 Å². The summed E-state index contributed by atoms with van der Waals surface area (Å²) in [5, 5.41) is 0. The molecule has 0 aromatic heterocycles. The Morgan fingerprint density at radius 3 is 2.55 bits per heavy atom. The number of allylic oxidation sites excluding steroid dienone is 2. The van der Waals surface area contributed by atoms with Crippen LogP contribution >= 0.6 is 0 Å². The minimum absolute atomic E-state index is 0.258. The van der Waals surface area contributed by atoms with Gasteiger partial charge in [-0.05, 0) is 18.4 Å². The summed E-state index contributed by atoms with van der Waals surface area (Å²) in [5.41, 5.74) is 0. The second kappa shape index (κ2) is 6.14. The van der Waals surface area contributed by atoms with Gasteiger partial charge >= 0.3 is 0 Å². The van der Waals surface area contributed by atoms with E-state index in [0.29, 0.717) is 12.3 Å². The molecule has 11 heavy (non-hydrogen) atoms. The summed E-state index contributed by atoms with van der Waals surface area (Å²) in [6, 6.07) is 0. The maximum absolute atomic E-state index is 11.0. The summed E-state index contributed by atoms with van der Waals surface area (Å²) in [4.78, 5) is 11.0. The molecule has 0 aromatic carbocycles. The second-order valence-electron chi connectivity index (χ2n) is 3.26. The van der Waals surface area contributed by atoms with E-state index in [1.807, 2.05) is 6.08 Å². The van der Waals surface area contributed by atoms with Crippen molar-refractivity contribution < 1.29 is 4.79 Å². The van der Waals surface area contributed by atoms with E-state index in [2.05, 4.69) is 20.8 Å². The Morgan fingerprint density at radius 2 is 2.09 bits per heavy atom. The summed E-state index contributed by atoms with van der Waals surface area (Å²) >= 11 is 0. The summed E-state index contributed by atoms with van der Waals surface area (Å²) in [6.07, 6.45) is 6.49. The fraction of sp³-hybridized carbons (Fsp3) is 0.700. The molecule has 0 aliphatic carbocycles. The number of unbranched alkanes of at least 4 members (excludes halogenated alkanes) is 1. The molecule has 0 N–H and O–H groups in total. The highest BCUT2D eigenvalue weighted by molar-refractivity contribution is 5.89.